The maximum absolute atomic E-state index is 9.56. The van der Waals surface area contributed by atoms with Gasteiger partial charge in [-0.3, -0.25) is 0 Å². The summed E-state index contributed by atoms with van der Waals surface area (Å²) in [6, 6.07) is 9.69. The summed E-state index contributed by atoms with van der Waals surface area (Å²) in [5, 5.41) is 27.8. The topological polar surface area (TPSA) is 80.6 Å². The molecule has 4 nitrogen and oxygen atoms in total. The molecule has 134 valence electrons. The van der Waals surface area contributed by atoms with Gasteiger partial charge in [0, 0.05) is 20.9 Å². The molecule has 5 heteroatoms. The molecule has 1 aromatic heterocycles. The second-order valence-corrected chi connectivity index (χ2v) is 7.62. The molecule has 0 saturated heterocycles. The zero-order chi connectivity index (χ0) is 20.1. The summed E-state index contributed by atoms with van der Waals surface area (Å²) in [5.41, 5.74) is 4.03. The van der Waals surface area contributed by atoms with Gasteiger partial charge in [0.15, 0.2) is 11.3 Å². The van der Waals surface area contributed by atoms with Crippen molar-refractivity contribution in [2.45, 2.75) is 19.4 Å². The zero-order valence-corrected chi connectivity index (χ0v) is 16.2. The smallest absolute Gasteiger partial charge is 0.172 e. The van der Waals surface area contributed by atoms with E-state index in [4.69, 9.17) is 15.3 Å². The summed E-state index contributed by atoms with van der Waals surface area (Å²) < 4.78 is 5.76. The van der Waals surface area contributed by atoms with E-state index >= 15 is 0 Å². The van der Waals surface area contributed by atoms with Crippen molar-refractivity contribution in [3.8, 4) is 18.2 Å². The van der Waals surface area contributed by atoms with E-state index in [-0.39, 0.29) is 16.9 Å². The average Bonchev–Trinajstić information content (AvgIpc) is 3.39. The van der Waals surface area contributed by atoms with Gasteiger partial charge in [-0.1, -0.05) is 12.2 Å². The molecule has 0 atom stereocenters. The SMILES string of the molecule is CC1(C)OC(=C(C#N)C#N)C(C#N)=C1/C=C/c1ccc(/C=C/C2=C=CC=C2)s1. The molecule has 2 aliphatic rings. The van der Waals surface area contributed by atoms with Gasteiger partial charge in [-0.25, -0.2) is 0 Å². The molecular weight excluding hydrogens is 366 g/mol. The molecule has 3 rings (SSSR count). The Morgan fingerprint density at radius 3 is 2.32 bits per heavy atom. The van der Waals surface area contributed by atoms with Crippen molar-refractivity contribution in [2.24, 2.45) is 0 Å². The molecule has 0 radical (unpaired) electrons. The Morgan fingerprint density at radius 2 is 1.75 bits per heavy atom. The fraction of sp³-hybridized carbons (Fsp3) is 0.130. The molecule has 1 aromatic rings. The Morgan fingerprint density at radius 1 is 1.07 bits per heavy atom. The van der Waals surface area contributed by atoms with Crippen molar-refractivity contribution >= 4 is 23.5 Å². The van der Waals surface area contributed by atoms with Gasteiger partial charge < -0.3 is 4.74 Å². The van der Waals surface area contributed by atoms with E-state index in [9.17, 15) is 5.26 Å². The molecule has 0 saturated carbocycles. The summed E-state index contributed by atoms with van der Waals surface area (Å²) in [7, 11) is 0. The fourth-order valence-electron chi connectivity index (χ4n) is 2.81. The highest BCUT2D eigenvalue weighted by atomic mass is 32.1. The van der Waals surface area contributed by atoms with Gasteiger partial charge in [0.25, 0.3) is 0 Å². The third kappa shape index (κ3) is 3.80. The number of nitriles is 3. The lowest BCUT2D eigenvalue weighted by molar-refractivity contribution is 0.0954. The first kappa shape index (κ1) is 19.0. The first-order valence-electron chi connectivity index (χ1n) is 8.46. The van der Waals surface area contributed by atoms with Crippen LogP contribution < -0.4 is 0 Å². The second-order valence-electron chi connectivity index (χ2n) is 6.47. The van der Waals surface area contributed by atoms with Crippen molar-refractivity contribution in [2.75, 3.05) is 0 Å². The molecule has 0 amide bonds. The lowest BCUT2D eigenvalue weighted by Gasteiger charge is -2.20. The number of rotatable bonds is 4. The summed E-state index contributed by atoms with van der Waals surface area (Å²) in [6.45, 7) is 3.62. The third-order valence-corrected chi connectivity index (χ3v) is 5.19. The first-order valence-corrected chi connectivity index (χ1v) is 9.28. The monoisotopic (exact) mass is 381 g/mol. The van der Waals surface area contributed by atoms with E-state index in [1.54, 1.807) is 23.5 Å². The highest BCUT2D eigenvalue weighted by Crippen LogP contribution is 2.40. The second kappa shape index (κ2) is 7.83. The largest absolute Gasteiger partial charge is 0.480 e. The molecule has 0 aromatic carbocycles. The molecule has 1 aliphatic carbocycles. The van der Waals surface area contributed by atoms with Crippen LogP contribution in [0.4, 0.5) is 0 Å². The molecule has 0 bridgehead atoms. The van der Waals surface area contributed by atoms with E-state index in [1.807, 2.05) is 68.5 Å². The van der Waals surface area contributed by atoms with Crippen LogP contribution in [0.25, 0.3) is 12.2 Å². The van der Waals surface area contributed by atoms with Gasteiger partial charge in [0.05, 0.1) is 0 Å². The average molecular weight is 381 g/mol. The van der Waals surface area contributed by atoms with Crippen LogP contribution in [0.1, 0.15) is 23.6 Å². The van der Waals surface area contributed by atoms with Crippen LogP contribution >= 0.6 is 11.3 Å². The van der Waals surface area contributed by atoms with Crippen molar-refractivity contribution in [1.29, 1.82) is 15.8 Å². The minimum atomic E-state index is -0.802. The zero-order valence-electron chi connectivity index (χ0n) is 15.4. The molecule has 28 heavy (non-hydrogen) atoms. The molecule has 0 spiro atoms. The number of ether oxygens (including phenoxy) is 1. The highest BCUT2D eigenvalue weighted by Gasteiger charge is 2.38. The molecule has 2 heterocycles. The van der Waals surface area contributed by atoms with Crippen molar-refractivity contribution in [1.82, 2.24) is 0 Å². The summed E-state index contributed by atoms with van der Waals surface area (Å²) in [6.07, 6.45) is 13.6. The van der Waals surface area contributed by atoms with Crippen LogP contribution in [-0.4, -0.2) is 5.60 Å². The van der Waals surface area contributed by atoms with Crippen LogP contribution in [0.15, 0.2) is 76.3 Å². The molecule has 1 aliphatic heterocycles. The Balaban J connectivity index is 1.90. The van der Waals surface area contributed by atoms with Gasteiger partial charge in [0.2, 0.25) is 0 Å². The molecule has 0 unspecified atom stereocenters. The van der Waals surface area contributed by atoms with E-state index in [1.165, 1.54) is 0 Å². The van der Waals surface area contributed by atoms with Crippen molar-refractivity contribution < 1.29 is 4.74 Å². The third-order valence-electron chi connectivity index (χ3n) is 4.18. The number of hydrogen-bond acceptors (Lipinski definition) is 5. The minimum Gasteiger partial charge on any atom is -0.480 e. The standard InChI is InChI=1S/C23H15N3OS/c1-23(2)21(20(15-26)22(27-23)17(13-24)14-25)12-11-19-10-9-18(28-19)8-7-16-5-3-4-6-16/h3-5,7-12H,1-2H3/b8-7+,12-11+. The maximum Gasteiger partial charge on any atom is 0.172 e. The van der Waals surface area contributed by atoms with Crippen LogP contribution in [0, 0.1) is 34.0 Å². The van der Waals surface area contributed by atoms with Crippen molar-refractivity contribution in [3.63, 3.8) is 0 Å². The van der Waals surface area contributed by atoms with Gasteiger partial charge in [-0.05, 0) is 56.4 Å². The normalized spacial score (nSPS) is 17.0. The van der Waals surface area contributed by atoms with Crippen LogP contribution in [-0.2, 0) is 4.74 Å². The number of hydrogen-bond donors (Lipinski definition) is 0. The minimum absolute atomic E-state index is 0.0536. The maximum atomic E-state index is 9.56. The van der Waals surface area contributed by atoms with Gasteiger partial charge in [-0.2, -0.15) is 15.8 Å². The highest BCUT2D eigenvalue weighted by molar-refractivity contribution is 7.13. The Kier molecular flexibility index (Phi) is 5.30. The quantitative estimate of drug-likeness (QED) is 0.520. The molecular formula is C23H15N3OS. The summed E-state index contributed by atoms with van der Waals surface area (Å²) in [4.78, 5) is 2.12. The fourth-order valence-corrected chi connectivity index (χ4v) is 3.63. The Hall–Kier alpha value is -3.81. The molecule has 0 N–H and O–H groups in total. The lowest BCUT2D eigenvalue weighted by Crippen LogP contribution is -2.20. The predicted molar refractivity (Wildman–Crippen MR) is 109 cm³/mol. The Bertz CT molecular complexity index is 1160. The van der Waals surface area contributed by atoms with Crippen molar-refractivity contribution in [3.05, 3.63) is 86.0 Å². The lowest BCUT2D eigenvalue weighted by atomic mass is 9.94. The van der Waals surface area contributed by atoms with E-state index in [0.717, 1.165) is 15.3 Å². The predicted octanol–water partition coefficient (Wildman–Crippen LogP) is 5.36. The number of thiophene rings is 1. The Labute approximate surface area is 167 Å². The number of nitrogens with zero attached hydrogens (tertiary/aromatic N) is 3. The van der Waals surface area contributed by atoms with Gasteiger partial charge in [0.1, 0.15) is 29.4 Å². The van der Waals surface area contributed by atoms with E-state index in [0.29, 0.717) is 5.57 Å². The van der Waals surface area contributed by atoms with E-state index in [2.05, 4.69) is 11.8 Å². The van der Waals surface area contributed by atoms with E-state index < -0.39 is 5.60 Å². The van der Waals surface area contributed by atoms with Crippen LogP contribution in [0.2, 0.25) is 0 Å². The number of allylic oxidation sites excluding steroid dienone is 6. The van der Waals surface area contributed by atoms with Crippen LogP contribution in [0.5, 0.6) is 0 Å². The molecule has 0 fully saturated rings. The summed E-state index contributed by atoms with van der Waals surface area (Å²) in [5.74, 6) is 0.0536. The first-order chi connectivity index (χ1) is 13.5. The van der Waals surface area contributed by atoms with Gasteiger partial charge >= 0.3 is 0 Å². The van der Waals surface area contributed by atoms with Crippen LogP contribution in [0.3, 0.4) is 0 Å². The summed E-state index contributed by atoms with van der Waals surface area (Å²) >= 11 is 1.61. The van der Waals surface area contributed by atoms with Gasteiger partial charge in [-0.15, -0.1) is 17.1 Å².